The number of hydrogen-bond acceptors (Lipinski definition) is 4. The van der Waals surface area contributed by atoms with Crippen molar-refractivity contribution in [2.24, 2.45) is 0 Å². The highest BCUT2D eigenvalue weighted by atomic mass is 19.2. The highest BCUT2D eigenvalue weighted by Gasteiger charge is 2.16. The maximum atomic E-state index is 13.2. The molecule has 104 valence electrons. The molecule has 0 unspecified atom stereocenters. The maximum Gasteiger partial charge on any atom is 0.275 e. The van der Waals surface area contributed by atoms with Crippen molar-refractivity contribution in [1.29, 1.82) is 0 Å². The fourth-order valence-electron chi connectivity index (χ4n) is 1.60. The van der Waals surface area contributed by atoms with Crippen LogP contribution in [-0.4, -0.2) is 17.0 Å². The van der Waals surface area contributed by atoms with Crippen molar-refractivity contribution in [1.82, 2.24) is 4.98 Å². The van der Waals surface area contributed by atoms with Crippen LogP contribution in [0.4, 0.5) is 24.7 Å². The summed E-state index contributed by atoms with van der Waals surface area (Å²) in [5, 5.41) is 13.4. The molecule has 1 N–H and O–H groups in total. The smallest absolute Gasteiger partial charge is 0.275 e. The van der Waals surface area contributed by atoms with Crippen LogP contribution in [0.3, 0.4) is 0 Å². The molecule has 0 aliphatic heterocycles. The summed E-state index contributed by atoms with van der Waals surface area (Å²) in [6.45, 7) is 0. The number of nitro groups is 1. The van der Waals surface area contributed by atoms with Crippen LogP contribution in [0.2, 0.25) is 0 Å². The van der Waals surface area contributed by atoms with E-state index in [1.165, 1.54) is 13.1 Å². The Bertz CT molecular complexity index is 669. The minimum absolute atomic E-state index is 0.0404. The van der Waals surface area contributed by atoms with Gasteiger partial charge >= 0.3 is 0 Å². The Labute approximate surface area is 111 Å². The van der Waals surface area contributed by atoms with E-state index < -0.39 is 22.4 Å². The lowest BCUT2D eigenvalue weighted by molar-refractivity contribution is -0.384. The van der Waals surface area contributed by atoms with Gasteiger partial charge in [-0.3, -0.25) is 10.1 Å². The number of nitrogens with zero attached hydrogens (tertiary/aromatic N) is 2. The molecule has 0 fully saturated rings. The Kier molecular flexibility index (Phi) is 3.55. The van der Waals surface area contributed by atoms with Crippen LogP contribution in [0.5, 0.6) is 0 Å². The summed E-state index contributed by atoms with van der Waals surface area (Å²) < 4.78 is 39.2. The summed E-state index contributed by atoms with van der Waals surface area (Å²) in [4.78, 5) is 14.1. The number of benzene rings is 1. The van der Waals surface area contributed by atoms with Gasteiger partial charge in [0, 0.05) is 18.7 Å². The predicted octanol–water partition coefficient (Wildman–Crippen LogP) is 3.12. The molecule has 2 rings (SSSR count). The molecule has 1 heterocycles. The molecule has 2 aromatic rings. The largest absolute Gasteiger partial charge is 0.373 e. The van der Waals surface area contributed by atoms with E-state index in [2.05, 4.69) is 10.3 Å². The van der Waals surface area contributed by atoms with E-state index in [0.717, 1.165) is 18.2 Å². The normalized spacial score (nSPS) is 10.4. The monoisotopic (exact) mass is 283 g/mol. The molecule has 0 saturated carbocycles. The van der Waals surface area contributed by atoms with Crippen molar-refractivity contribution in [3.05, 3.63) is 51.8 Å². The van der Waals surface area contributed by atoms with Gasteiger partial charge in [-0.1, -0.05) is 0 Å². The topological polar surface area (TPSA) is 68.1 Å². The fourth-order valence-corrected chi connectivity index (χ4v) is 1.60. The minimum Gasteiger partial charge on any atom is -0.373 e. The molecule has 5 nitrogen and oxygen atoms in total. The van der Waals surface area contributed by atoms with E-state index in [-0.39, 0.29) is 22.8 Å². The molecule has 1 aromatic heterocycles. The van der Waals surface area contributed by atoms with E-state index in [4.69, 9.17) is 0 Å². The Morgan fingerprint density at radius 1 is 1.15 bits per heavy atom. The van der Waals surface area contributed by atoms with Gasteiger partial charge in [0.05, 0.1) is 16.7 Å². The van der Waals surface area contributed by atoms with Crippen LogP contribution < -0.4 is 5.32 Å². The Balaban J connectivity index is 2.62. The first-order chi connectivity index (χ1) is 9.42. The number of aromatic nitrogens is 1. The molecular formula is C12H8F3N3O2. The van der Waals surface area contributed by atoms with Gasteiger partial charge in [-0.2, -0.15) is 0 Å². The van der Waals surface area contributed by atoms with Crippen LogP contribution in [-0.2, 0) is 0 Å². The summed E-state index contributed by atoms with van der Waals surface area (Å²) in [5.41, 5.74) is -0.438. The molecular weight excluding hydrogens is 275 g/mol. The first kappa shape index (κ1) is 13.8. The second kappa shape index (κ2) is 5.16. The molecule has 20 heavy (non-hydrogen) atoms. The second-order valence-corrected chi connectivity index (χ2v) is 3.86. The SMILES string of the molecule is CNc1cc([N+](=O)[O-])cc(-c2cc(F)c(F)c(F)c2)n1. The van der Waals surface area contributed by atoms with Gasteiger partial charge in [-0.25, -0.2) is 18.2 Å². The molecule has 0 aliphatic rings. The van der Waals surface area contributed by atoms with E-state index in [1.807, 2.05) is 0 Å². The second-order valence-electron chi connectivity index (χ2n) is 3.86. The van der Waals surface area contributed by atoms with Crippen molar-refractivity contribution >= 4 is 11.5 Å². The molecule has 0 aliphatic carbocycles. The Hall–Kier alpha value is -2.64. The summed E-state index contributed by atoms with van der Waals surface area (Å²) in [5.74, 6) is -4.23. The third kappa shape index (κ3) is 2.53. The molecule has 0 bridgehead atoms. The van der Waals surface area contributed by atoms with Crippen molar-refractivity contribution in [2.75, 3.05) is 12.4 Å². The number of halogens is 3. The Morgan fingerprint density at radius 2 is 1.75 bits per heavy atom. The van der Waals surface area contributed by atoms with Crippen LogP contribution >= 0.6 is 0 Å². The Morgan fingerprint density at radius 3 is 2.25 bits per heavy atom. The number of anilines is 1. The van der Waals surface area contributed by atoms with Crippen molar-refractivity contribution in [3.63, 3.8) is 0 Å². The predicted molar refractivity (Wildman–Crippen MR) is 65.7 cm³/mol. The lowest BCUT2D eigenvalue weighted by Gasteiger charge is -2.06. The number of pyridine rings is 1. The lowest BCUT2D eigenvalue weighted by Crippen LogP contribution is -1.99. The highest BCUT2D eigenvalue weighted by Crippen LogP contribution is 2.27. The molecule has 0 amide bonds. The first-order valence-electron chi connectivity index (χ1n) is 5.41. The highest BCUT2D eigenvalue weighted by molar-refractivity contribution is 5.65. The van der Waals surface area contributed by atoms with Crippen LogP contribution in [0.25, 0.3) is 11.3 Å². The molecule has 8 heteroatoms. The van der Waals surface area contributed by atoms with Gasteiger partial charge in [0.2, 0.25) is 0 Å². The average Bonchev–Trinajstić information content (AvgIpc) is 2.43. The van der Waals surface area contributed by atoms with Gasteiger partial charge < -0.3 is 5.32 Å². The summed E-state index contributed by atoms with van der Waals surface area (Å²) in [7, 11) is 1.49. The van der Waals surface area contributed by atoms with Gasteiger partial charge in [-0.15, -0.1) is 0 Å². The average molecular weight is 283 g/mol. The number of hydrogen-bond donors (Lipinski definition) is 1. The molecule has 0 atom stereocenters. The van der Waals surface area contributed by atoms with Gasteiger partial charge in [-0.05, 0) is 12.1 Å². The number of nitrogens with one attached hydrogen (secondary N) is 1. The quantitative estimate of drug-likeness (QED) is 0.534. The maximum absolute atomic E-state index is 13.2. The molecule has 0 saturated heterocycles. The van der Waals surface area contributed by atoms with Crippen molar-refractivity contribution < 1.29 is 18.1 Å². The standard InChI is InChI=1S/C12H8F3N3O2/c1-16-11-5-7(18(19)20)4-10(17-11)6-2-8(13)12(15)9(14)3-6/h2-5H,1H3,(H,16,17). The summed E-state index contributed by atoms with van der Waals surface area (Å²) in [6, 6.07) is 3.67. The molecule has 0 spiro atoms. The fraction of sp³-hybridized carbons (Fsp3) is 0.0833. The zero-order valence-electron chi connectivity index (χ0n) is 10.2. The minimum atomic E-state index is -1.60. The molecule has 0 radical (unpaired) electrons. The van der Waals surface area contributed by atoms with E-state index >= 15 is 0 Å². The zero-order chi connectivity index (χ0) is 14.9. The summed E-state index contributed by atoms with van der Waals surface area (Å²) >= 11 is 0. The lowest BCUT2D eigenvalue weighted by atomic mass is 10.1. The zero-order valence-corrected chi connectivity index (χ0v) is 10.2. The van der Waals surface area contributed by atoms with E-state index in [9.17, 15) is 23.3 Å². The number of rotatable bonds is 3. The van der Waals surface area contributed by atoms with E-state index in [0.29, 0.717) is 0 Å². The third-order valence-corrected chi connectivity index (χ3v) is 2.56. The summed E-state index contributed by atoms with van der Waals surface area (Å²) in [6.07, 6.45) is 0. The molecule has 1 aromatic carbocycles. The van der Waals surface area contributed by atoms with Crippen LogP contribution in [0, 0.1) is 27.6 Å². The van der Waals surface area contributed by atoms with Crippen LogP contribution in [0.15, 0.2) is 24.3 Å². The van der Waals surface area contributed by atoms with E-state index in [1.54, 1.807) is 0 Å². The van der Waals surface area contributed by atoms with Gasteiger partial charge in [0.15, 0.2) is 17.5 Å². The van der Waals surface area contributed by atoms with Crippen molar-refractivity contribution in [3.8, 4) is 11.3 Å². The first-order valence-corrected chi connectivity index (χ1v) is 5.41. The van der Waals surface area contributed by atoms with Crippen molar-refractivity contribution in [2.45, 2.75) is 0 Å². The third-order valence-electron chi connectivity index (χ3n) is 2.56. The van der Waals surface area contributed by atoms with Gasteiger partial charge in [0.1, 0.15) is 5.82 Å². The van der Waals surface area contributed by atoms with Crippen LogP contribution in [0.1, 0.15) is 0 Å². The van der Waals surface area contributed by atoms with Gasteiger partial charge in [0.25, 0.3) is 5.69 Å².